The van der Waals surface area contributed by atoms with Crippen LogP contribution in [0.1, 0.15) is 53.3 Å². The highest BCUT2D eigenvalue weighted by molar-refractivity contribution is 6.30. The number of hydrogen-bond acceptors (Lipinski definition) is 6. The predicted octanol–water partition coefficient (Wildman–Crippen LogP) is 4.33. The molecule has 1 aliphatic heterocycles. The Bertz CT molecular complexity index is 1650. The zero-order valence-corrected chi connectivity index (χ0v) is 23.8. The molecule has 1 fully saturated rings. The fourth-order valence-corrected chi connectivity index (χ4v) is 5.60. The van der Waals surface area contributed by atoms with E-state index in [1.54, 1.807) is 43.6 Å². The van der Waals surface area contributed by atoms with E-state index in [4.69, 9.17) is 16.3 Å². The van der Waals surface area contributed by atoms with Gasteiger partial charge in [-0.3, -0.25) is 14.5 Å². The van der Waals surface area contributed by atoms with Gasteiger partial charge in [0.2, 0.25) is 5.91 Å². The van der Waals surface area contributed by atoms with E-state index in [1.165, 1.54) is 40.9 Å². The smallest absolute Gasteiger partial charge is 0.230 e. The van der Waals surface area contributed by atoms with Crippen molar-refractivity contribution in [2.45, 2.75) is 49.7 Å². The van der Waals surface area contributed by atoms with Crippen LogP contribution in [0, 0.1) is 11.6 Å². The fraction of sp³-hybridized carbons (Fsp3) is 0.323. The quantitative estimate of drug-likeness (QED) is 0.315. The number of aliphatic hydroxyl groups is 2. The van der Waals surface area contributed by atoms with Crippen LogP contribution in [0.15, 0.2) is 67.1 Å². The minimum absolute atomic E-state index is 0.0709. The van der Waals surface area contributed by atoms with Crippen molar-refractivity contribution in [1.82, 2.24) is 19.7 Å². The molecule has 0 saturated heterocycles. The van der Waals surface area contributed by atoms with Crippen molar-refractivity contribution in [1.29, 1.82) is 0 Å². The monoisotopic (exact) mass is 594 g/mol. The third-order valence-corrected chi connectivity index (χ3v) is 8.34. The average molecular weight is 595 g/mol. The molecule has 2 aliphatic rings. The maximum Gasteiger partial charge on any atom is 0.230 e. The number of ether oxygens (including phenoxy) is 1. The van der Waals surface area contributed by atoms with E-state index < -0.39 is 34.5 Å². The summed E-state index contributed by atoms with van der Waals surface area (Å²) in [5.41, 5.74) is -2.73. The molecule has 1 saturated carbocycles. The third kappa shape index (κ3) is 4.98. The fourth-order valence-electron chi connectivity index (χ4n) is 5.47. The standard InChI is InChI=1S/C31H29ClF2N4O4/c1-29(40,22-14-36-37(2)16-22)21-11-19-12-27(39)38(17-25-8-7-24(33)15-35-25)31(28(19)26(34)13-21,42-18-30(41)9-10-30)20-3-5-23(32)6-4-20/h3-8,11,13-16,40-41H,9-10,12,17-18H2,1-2H3/t29?,31-/m1/s1. The summed E-state index contributed by atoms with van der Waals surface area (Å²) in [5, 5.41) is 26.8. The molecule has 2 N–H and O–H groups in total. The number of amides is 1. The largest absolute Gasteiger partial charge is 0.387 e. The van der Waals surface area contributed by atoms with Crippen molar-refractivity contribution in [2.75, 3.05) is 6.61 Å². The first kappa shape index (κ1) is 28.4. The summed E-state index contributed by atoms with van der Waals surface area (Å²) in [5.74, 6) is -1.66. The van der Waals surface area contributed by atoms with Gasteiger partial charge in [-0.2, -0.15) is 5.10 Å². The number of fused-ring (bicyclic) bond motifs is 1. The van der Waals surface area contributed by atoms with Crippen LogP contribution in [0.4, 0.5) is 8.78 Å². The van der Waals surface area contributed by atoms with Crippen LogP contribution >= 0.6 is 11.6 Å². The van der Waals surface area contributed by atoms with Crippen LogP contribution in [0.25, 0.3) is 0 Å². The summed E-state index contributed by atoms with van der Waals surface area (Å²) in [6.45, 7) is 1.23. The van der Waals surface area contributed by atoms with Crippen molar-refractivity contribution < 1.29 is 28.5 Å². The zero-order chi connectivity index (χ0) is 29.9. The molecule has 0 spiro atoms. The Kier molecular flexibility index (Phi) is 6.93. The van der Waals surface area contributed by atoms with E-state index in [0.717, 1.165) is 6.20 Å². The van der Waals surface area contributed by atoms with Crippen molar-refractivity contribution in [3.8, 4) is 0 Å². The Labute approximate surface area is 246 Å². The zero-order valence-electron chi connectivity index (χ0n) is 23.0. The molecule has 6 rings (SSSR count). The number of aromatic nitrogens is 3. The number of aryl methyl sites for hydroxylation is 1. The van der Waals surface area contributed by atoms with Gasteiger partial charge in [0, 0.05) is 35.0 Å². The number of rotatable bonds is 8. The predicted molar refractivity (Wildman–Crippen MR) is 149 cm³/mol. The van der Waals surface area contributed by atoms with Crippen molar-refractivity contribution >= 4 is 17.5 Å². The number of hydrogen-bond donors (Lipinski definition) is 2. The van der Waals surface area contributed by atoms with Crippen LogP contribution in [-0.4, -0.2) is 48.0 Å². The lowest BCUT2D eigenvalue weighted by Crippen LogP contribution is -2.57. The van der Waals surface area contributed by atoms with Gasteiger partial charge in [-0.1, -0.05) is 29.8 Å². The van der Waals surface area contributed by atoms with E-state index in [1.807, 2.05) is 0 Å². The molecule has 11 heteroatoms. The molecule has 42 heavy (non-hydrogen) atoms. The Hall–Kier alpha value is -3.70. The van der Waals surface area contributed by atoms with Crippen LogP contribution in [0.5, 0.6) is 0 Å². The summed E-state index contributed by atoms with van der Waals surface area (Å²) >= 11 is 6.21. The van der Waals surface area contributed by atoms with Crippen LogP contribution < -0.4 is 0 Å². The normalized spacial score (nSPS) is 20.7. The van der Waals surface area contributed by atoms with Gasteiger partial charge in [0.25, 0.3) is 0 Å². The Morgan fingerprint density at radius 3 is 2.45 bits per heavy atom. The van der Waals surface area contributed by atoms with Gasteiger partial charge in [-0.05, 0) is 61.2 Å². The van der Waals surface area contributed by atoms with E-state index in [9.17, 15) is 19.4 Å². The molecule has 2 atom stereocenters. The second-order valence-corrected chi connectivity index (χ2v) is 11.7. The number of carbonyl (C=O) groups is 1. The molecular formula is C31H29ClF2N4O4. The minimum atomic E-state index is -1.84. The third-order valence-electron chi connectivity index (χ3n) is 8.08. The second kappa shape index (κ2) is 10.2. The van der Waals surface area contributed by atoms with Crippen LogP contribution in [-0.2, 0) is 40.9 Å². The lowest BCUT2D eigenvalue weighted by atomic mass is 9.80. The first-order chi connectivity index (χ1) is 19.9. The molecule has 1 amide bonds. The average Bonchev–Trinajstić information content (AvgIpc) is 3.52. The van der Waals surface area contributed by atoms with Crippen molar-refractivity contribution in [3.05, 3.63) is 117 Å². The minimum Gasteiger partial charge on any atom is -0.387 e. The molecule has 8 nitrogen and oxygen atoms in total. The SMILES string of the molecule is Cn1cc(C(C)(O)c2cc(F)c3c(c2)CC(=O)N(Cc2ccc(F)cn2)[C@@]3(OCC2(O)CC2)c2ccc(Cl)cc2)cn1. The Balaban J connectivity index is 1.57. The first-order valence-electron chi connectivity index (χ1n) is 13.5. The maximum atomic E-state index is 16.7. The van der Waals surface area contributed by atoms with E-state index in [2.05, 4.69) is 10.1 Å². The molecule has 1 unspecified atom stereocenters. The molecule has 218 valence electrons. The van der Waals surface area contributed by atoms with Gasteiger partial charge >= 0.3 is 0 Å². The van der Waals surface area contributed by atoms with Crippen molar-refractivity contribution in [3.63, 3.8) is 0 Å². The van der Waals surface area contributed by atoms with Crippen molar-refractivity contribution in [2.24, 2.45) is 7.05 Å². The van der Waals surface area contributed by atoms with Crippen LogP contribution in [0.2, 0.25) is 5.02 Å². The molecule has 2 aromatic carbocycles. The summed E-state index contributed by atoms with van der Waals surface area (Å²) in [4.78, 5) is 19.5. The van der Waals surface area contributed by atoms with E-state index in [-0.39, 0.29) is 30.7 Å². The number of nitrogens with zero attached hydrogens (tertiary/aromatic N) is 4. The number of pyridine rings is 1. The van der Waals surface area contributed by atoms with Gasteiger partial charge in [0.1, 0.15) is 17.2 Å². The highest BCUT2D eigenvalue weighted by Crippen LogP contribution is 2.48. The van der Waals surface area contributed by atoms with Gasteiger partial charge in [-0.25, -0.2) is 8.78 Å². The Morgan fingerprint density at radius 1 is 1.10 bits per heavy atom. The number of benzene rings is 2. The summed E-state index contributed by atoms with van der Waals surface area (Å²) < 4.78 is 38.4. The van der Waals surface area contributed by atoms with Gasteiger partial charge in [0.05, 0.1) is 43.3 Å². The van der Waals surface area contributed by atoms with E-state index >= 15 is 4.39 Å². The molecule has 0 radical (unpaired) electrons. The molecule has 2 aromatic heterocycles. The van der Waals surface area contributed by atoms with Gasteiger partial charge in [-0.15, -0.1) is 0 Å². The molecule has 4 aromatic rings. The Morgan fingerprint density at radius 2 is 1.83 bits per heavy atom. The maximum absolute atomic E-state index is 16.7. The van der Waals surface area contributed by atoms with Gasteiger partial charge in [0.15, 0.2) is 5.72 Å². The second-order valence-electron chi connectivity index (χ2n) is 11.3. The topological polar surface area (TPSA) is 101 Å². The molecule has 0 bridgehead atoms. The summed E-state index contributed by atoms with van der Waals surface area (Å²) in [6.07, 6.45) is 4.98. The van der Waals surface area contributed by atoms with Crippen LogP contribution in [0.3, 0.4) is 0 Å². The first-order valence-corrected chi connectivity index (χ1v) is 13.9. The number of halogens is 3. The van der Waals surface area contributed by atoms with E-state index in [0.29, 0.717) is 40.2 Å². The summed E-state index contributed by atoms with van der Waals surface area (Å²) in [7, 11) is 1.71. The number of carbonyl (C=O) groups excluding carboxylic acids is 1. The lowest BCUT2D eigenvalue weighted by Gasteiger charge is -2.48. The molecule has 3 heterocycles. The highest BCUT2D eigenvalue weighted by Gasteiger charge is 2.53. The van der Waals surface area contributed by atoms with Gasteiger partial charge < -0.3 is 19.8 Å². The summed E-state index contributed by atoms with van der Waals surface area (Å²) in [6, 6.07) is 12.0. The highest BCUT2D eigenvalue weighted by atomic mass is 35.5. The molecule has 1 aliphatic carbocycles. The lowest BCUT2D eigenvalue weighted by molar-refractivity contribution is -0.184. The molecular weight excluding hydrogens is 566 g/mol.